The fourth-order valence-electron chi connectivity index (χ4n) is 1.94. The van der Waals surface area contributed by atoms with E-state index in [0.29, 0.717) is 0 Å². The number of hydrogen-bond acceptors (Lipinski definition) is 5. The summed E-state index contributed by atoms with van der Waals surface area (Å²) < 4.78 is 16.4. The van der Waals surface area contributed by atoms with Crippen LogP contribution in [-0.4, -0.2) is 26.9 Å². The van der Waals surface area contributed by atoms with E-state index < -0.39 is 0 Å². The lowest BCUT2D eigenvalue weighted by atomic mass is 10.3. The lowest BCUT2D eigenvalue weighted by molar-refractivity contribution is 0.215. The smallest absolute Gasteiger partial charge is 0.127 e. The molecule has 0 amide bonds. The summed E-state index contributed by atoms with van der Waals surface area (Å²) in [6.07, 6.45) is 0.0572. The van der Waals surface area contributed by atoms with Gasteiger partial charge in [-0.2, -0.15) is 0 Å². The molecule has 21 heavy (non-hydrogen) atoms. The zero-order chi connectivity index (χ0) is 15.1. The third-order valence-corrected chi connectivity index (χ3v) is 3.85. The molecule has 4 nitrogen and oxygen atoms in total. The Morgan fingerprint density at radius 1 is 1.10 bits per heavy atom. The molecule has 2 aromatic rings. The second-order valence-corrected chi connectivity index (χ2v) is 5.72. The molecular weight excluding hydrogens is 286 g/mol. The lowest BCUT2D eigenvalue weighted by Gasteiger charge is -2.16. The van der Waals surface area contributed by atoms with Crippen LogP contribution >= 0.6 is 11.3 Å². The molecule has 0 aliphatic rings. The number of rotatable bonds is 8. The second kappa shape index (κ2) is 7.90. The number of nitrogens with one attached hydrogen (secondary N) is 1. The minimum Gasteiger partial charge on any atom is -0.496 e. The molecule has 0 radical (unpaired) electrons. The molecule has 5 heteroatoms. The third-order valence-electron chi connectivity index (χ3n) is 2.97. The van der Waals surface area contributed by atoms with E-state index in [2.05, 4.69) is 22.8 Å². The number of ether oxygens (including phenoxy) is 3. The number of methoxy groups -OCH3 is 2. The molecule has 114 valence electrons. The molecule has 0 aliphatic heterocycles. The van der Waals surface area contributed by atoms with Crippen molar-refractivity contribution in [2.45, 2.75) is 19.6 Å². The predicted octanol–water partition coefficient (Wildman–Crippen LogP) is 3.32. The number of hydrogen-bond donors (Lipinski definition) is 1. The quantitative estimate of drug-likeness (QED) is 0.812. The third kappa shape index (κ3) is 4.95. The van der Waals surface area contributed by atoms with Crippen LogP contribution in [0.4, 0.5) is 0 Å². The van der Waals surface area contributed by atoms with Crippen LogP contribution in [0.5, 0.6) is 17.2 Å². The largest absolute Gasteiger partial charge is 0.496 e. The summed E-state index contributed by atoms with van der Waals surface area (Å²) in [5.74, 6) is 2.20. The minimum atomic E-state index is 0.0572. The maximum atomic E-state index is 5.90. The van der Waals surface area contributed by atoms with Crippen LogP contribution in [-0.2, 0) is 6.54 Å². The van der Waals surface area contributed by atoms with Gasteiger partial charge in [0, 0.05) is 36.2 Å². The van der Waals surface area contributed by atoms with Gasteiger partial charge in [-0.05, 0) is 18.4 Å². The Labute approximate surface area is 129 Å². The summed E-state index contributed by atoms with van der Waals surface area (Å²) in [6.45, 7) is 3.68. The summed E-state index contributed by atoms with van der Waals surface area (Å²) in [5.41, 5.74) is 0. The number of benzene rings is 1. The van der Waals surface area contributed by atoms with Gasteiger partial charge in [-0.25, -0.2) is 0 Å². The Bertz CT molecular complexity index is 520. The van der Waals surface area contributed by atoms with E-state index in [4.69, 9.17) is 14.2 Å². The SMILES string of the molecule is COc1cc(OC)cc(OC(C)CNCc2cccs2)c1. The standard InChI is InChI=1S/C16H21NO3S/c1-12(10-17-11-16-5-4-6-21-16)20-15-8-13(18-2)7-14(9-15)19-3/h4-9,12,17H,10-11H2,1-3H3. The molecule has 0 bridgehead atoms. The van der Waals surface area contributed by atoms with Gasteiger partial charge in [-0.15, -0.1) is 11.3 Å². The molecule has 1 aromatic carbocycles. The van der Waals surface area contributed by atoms with Crippen LogP contribution in [0.25, 0.3) is 0 Å². The van der Waals surface area contributed by atoms with E-state index in [0.717, 1.165) is 30.3 Å². The summed E-state index contributed by atoms with van der Waals surface area (Å²) in [4.78, 5) is 1.32. The molecule has 2 rings (SSSR count). The van der Waals surface area contributed by atoms with E-state index in [9.17, 15) is 0 Å². The monoisotopic (exact) mass is 307 g/mol. The van der Waals surface area contributed by atoms with Crippen molar-refractivity contribution in [3.8, 4) is 17.2 Å². The zero-order valence-corrected chi connectivity index (χ0v) is 13.4. The van der Waals surface area contributed by atoms with E-state index in [1.54, 1.807) is 25.6 Å². The summed E-state index contributed by atoms with van der Waals surface area (Å²) >= 11 is 1.75. The molecule has 0 fully saturated rings. The van der Waals surface area contributed by atoms with Crippen molar-refractivity contribution in [2.24, 2.45) is 0 Å². The van der Waals surface area contributed by atoms with Crippen molar-refractivity contribution in [2.75, 3.05) is 20.8 Å². The van der Waals surface area contributed by atoms with E-state index in [-0.39, 0.29) is 6.10 Å². The Morgan fingerprint density at radius 2 is 1.76 bits per heavy atom. The Hall–Kier alpha value is -1.72. The van der Waals surface area contributed by atoms with Crippen molar-refractivity contribution < 1.29 is 14.2 Å². The van der Waals surface area contributed by atoms with Gasteiger partial charge in [0.2, 0.25) is 0 Å². The topological polar surface area (TPSA) is 39.7 Å². The highest BCUT2D eigenvalue weighted by Gasteiger charge is 2.07. The van der Waals surface area contributed by atoms with Gasteiger partial charge in [0.25, 0.3) is 0 Å². The van der Waals surface area contributed by atoms with Gasteiger partial charge in [-0.3, -0.25) is 0 Å². The maximum absolute atomic E-state index is 5.90. The first-order valence-electron chi connectivity index (χ1n) is 6.84. The normalized spacial score (nSPS) is 12.0. The molecule has 1 heterocycles. The van der Waals surface area contributed by atoms with Crippen LogP contribution in [0.1, 0.15) is 11.8 Å². The predicted molar refractivity (Wildman–Crippen MR) is 85.7 cm³/mol. The van der Waals surface area contributed by atoms with E-state index in [1.165, 1.54) is 4.88 Å². The van der Waals surface area contributed by atoms with Gasteiger partial charge < -0.3 is 19.5 Å². The fourth-order valence-corrected chi connectivity index (χ4v) is 2.61. The van der Waals surface area contributed by atoms with E-state index in [1.807, 2.05) is 25.1 Å². The molecule has 1 unspecified atom stereocenters. The first kappa shape index (κ1) is 15.7. The van der Waals surface area contributed by atoms with Crippen LogP contribution in [0.15, 0.2) is 35.7 Å². The van der Waals surface area contributed by atoms with Gasteiger partial charge in [0.15, 0.2) is 0 Å². The van der Waals surface area contributed by atoms with Crippen LogP contribution in [0.2, 0.25) is 0 Å². The highest BCUT2D eigenvalue weighted by Crippen LogP contribution is 2.27. The number of thiophene rings is 1. The second-order valence-electron chi connectivity index (χ2n) is 4.69. The van der Waals surface area contributed by atoms with E-state index >= 15 is 0 Å². The van der Waals surface area contributed by atoms with Gasteiger partial charge in [-0.1, -0.05) is 6.07 Å². The first-order valence-corrected chi connectivity index (χ1v) is 7.72. The lowest BCUT2D eigenvalue weighted by Crippen LogP contribution is -2.28. The Balaban J connectivity index is 1.85. The van der Waals surface area contributed by atoms with Crippen LogP contribution in [0.3, 0.4) is 0 Å². The zero-order valence-electron chi connectivity index (χ0n) is 12.6. The molecule has 0 saturated heterocycles. The first-order chi connectivity index (χ1) is 10.2. The molecule has 1 atom stereocenters. The fraction of sp³-hybridized carbons (Fsp3) is 0.375. The van der Waals surface area contributed by atoms with Gasteiger partial charge >= 0.3 is 0 Å². The van der Waals surface area contributed by atoms with Crippen molar-refractivity contribution in [3.05, 3.63) is 40.6 Å². The highest BCUT2D eigenvalue weighted by molar-refractivity contribution is 7.09. The van der Waals surface area contributed by atoms with Crippen molar-refractivity contribution >= 4 is 11.3 Å². The summed E-state index contributed by atoms with van der Waals surface area (Å²) in [5, 5.41) is 5.47. The molecule has 1 aromatic heterocycles. The van der Waals surface area contributed by atoms with Crippen molar-refractivity contribution in [3.63, 3.8) is 0 Å². The maximum Gasteiger partial charge on any atom is 0.127 e. The van der Waals surface area contributed by atoms with Crippen molar-refractivity contribution in [1.82, 2.24) is 5.32 Å². The molecule has 0 spiro atoms. The molecule has 1 N–H and O–H groups in total. The highest BCUT2D eigenvalue weighted by atomic mass is 32.1. The molecule has 0 saturated carbocycles. The van der Waals surface area contributed by atoms with Gasteiger partial charge in [0.05, 0.1) is 14.2 Å². The Kier molecular flexibility index (Phi) is 5.90. The average molecular weight is 307 g/mol. The molecular formula is C16H21NO3S. The minimum absolute atomic E-state index is 0.0572. The van der Waals surface area contributed by atoms with Crippen LogP contribution < -0.4 is 19.5 Å². The average Bonchev–Trinajstić information content (AvgIpc) is 3.00. The van der Waals surface area contributed by atoms with Gasteiger partial charge in [0.1, 0.15) is 23.4 Å². The summed E-state index contributed by atoms with van der Waals surface area (Å²) in [6, 6.07) is 9.73. The Morgan fingerprint density at radius 3 is 2.33 bits per heavy atom. The summed E-state index contributed by atoms with van der Waals surface area (Å²) in [7, 11) is 3.26. The molecule has 0 aliphatic carbocycles. The van der Waals surface area contributed by atoms with Crippen LogP contribution in [0, 0.1) is 0 Å². The van der Waals surface area contributed by atoms with Crippen molar-refractivity contribution in [1.29, 1.82) is 0 Å².